The second-order valence-electron chi connectivity index (χ2n) is 1.74. The van der Waals surface area contributed by atoms with Crippen molar-refractivity contribution < 1.29 is 13.9 Å². The van der Waals surface area contributed by atoms with Crippen molar-refractivity contribution in [1.29, 1.82) is 0 Å². The number of allylic oxidation sites excluding steroid dienone is 1. The van der Waals surface area contributed by atoms with Gasteiger partial charge in [-0.3, -0.25) is 4.79 Å². The van der Waals surface area contributed by atoms with Gasteiger partial charge in [0.1, 0.15) is 13.3 Å². The summed E-state index contributed by atoms with van der Waals surface area (Å²) in [6, 6.07) is 0. The Kier molecular flexibility index (Phi) is 5.72. The molecule has 0 aliphatic carbocycles. The van der Waals surface area contributed by atoms with Crippen LogP contribution in [0.4, 0.5) is 4.39 Å². The highest BCUT2D eigenvalue weighted by molar-refractivity contribution is 5.69. The summed E-state index contributed by atoms with van der Waals surface area (Å²) in [6.07, 6.45) is 2.51. The van der Waals surface area contributed by atoms with Crippen molar-refractivity contribution in [2.45, 2.75) is 12.8 Å². The zero-order valence-corrected chi connectivity index (χ0v) is 5.81. The largest absolute Gasteiger partial charge is 0.463 e. The second kappa shape index (κ2) is 6.26. The van der Waals surface area contributed by atoms with Gasteiger partial charge in [-0.15, -0.1) is 6.58 Å². The number of hydrogen-bond acceptors (Lipinski definition) is 2. The molecule has 0 spiro atoms. The van der Waals surface area contributed by atoms with Crippen molar-refractivity contribution >= 4 is 5.97 Å². The number of ether oxygens (including phenoxy) is 1. The molecule has 0 amide bonds. The van der Waals surface area contributed by atoms with Crippen molar-refractivity contribution in [2.24, 2.45) is 0 Å². The number of halogens is 1. The molecule has 0 heterocycles. The van der Waals surface area contributed by atoms with E-state index in [-0.39, 0.29) is 12.6 Å². The topological polar surface area (TPSA) is 26.3 Å². The maximum atomic E-state index is 11.4. The molecule has 58 valence electrons. The fourth-order valence-electron chi connectivity index (χ4n) is 0.444. The summed E-state index contributed by atoms with van der Waals surface area (Å²) in [5, 5.41) is 0. The minimum atomic E-state index is -0.611. The zero-order chi connectivity index (χ0) is 7.82. The van der Waals surface area contributed by atoms with E-state index in [2.05, 4.69) is 11.3 Å². The highest BCUT2D eigenvalue weighted by Gasteiger charge is 1.98. The summed E-state index contributed by atoms with van der Waals surface area (Å²) in [6.45, 7) is 2.69. The minimum Gasteiger partial charge on any atom is -0.463 e. The van der Waals surface area contributed by atoms with Gasteiger partial charge >= 0.3 is 5.97 Å². The monoisotopic (exact) mass is 146 g/mol. The van der Waals surface area contributed by atoms with Crippen LogP contribution in [-0.2, 0) is 9.53 Å². The van der Waals surface area contributed by atoms with Gasteiger partial charge in [-0.2, -0.15) is 0 Å². The first-order valence-corrected chi connectivity index (χ1v) is 3.13. The molecule has 0 saturated heterocycles. The quantitative estimate of drug-likeness (QED) is 0.433. The van der Waals surface area contributed by atoms with Gasteiger partial charge in [-0.1, -0.05) is 6.08 Å². The highest BCUT2D eigenvalue weighted by atomic mass is 19.1. The summed E-state index contributed by atoms with van der Waals surface area (Å²) in [4.78, 5) is 10.5. The number of carbonyl (C=O) groups is 1. The van der Waals surface area contributed by atoms with Crippen molar-refractivity contribution in [3.8, 4) is 0 Å². The first kappa shape index (κ1) is 9.14. The van der Waals surface area contributed by atoms with E-state index in [0.29, 0.717) is 12.8 Å². The average Bonchev–Trinajstić information content (AvgIpc) is 1.97. The molecule has 2 nitrogen and oxygen atoms in total. The van der Waals surface area contributed by atoms with Gasteiger partial charge in [0.15, 0.2) is 0 Å². The highest BCUT2D eigenvalue weighted by Crippen LogP contribution is 1.92. The molecule has 0 N–H and O–H groups in total. The molecule has 0 aromatic heterocycles. The average molecular weight is 146 g/mol. The van der Waals surface area contributed by atoms with E-state index in [9.17, 15) is 9.18 Å². The Morgan fingerprint density at radius 2 is 2.40 bits per heavy atom. The number of rotatable bonds is 5. The molecule has 0 radical (unpaired) electrons. The van der Waals surface area contributed by atoms with Crippen molar-refractivity contribution in [3.63, 3.8) is 0 Å². The molecule has 3 heteroatoms. The Bertz CT molecular complexity index is 112. The molecule has 0 aromatic rings. The van der Waals surface area contributed by atoms with Crippen LogP contribution in [0.5, 0.6) is 0 Å². The van der Waals surface area contributed by atoms with E-state index in [1.165, 1.54) is 0 Å². The SMILES string of the molecule is C=CCCC(=O)OCCF. The van der Waals surface area contributed by atoms with E-state index in [4.69, 9.17) is 0 Å². The number of carbonyl (C=O) groups excluding carboxylic acids is 1. The van der Waals surface area contributed by atoms with E-state index in [1.807, 2.05) is 0 Å². The van der Waals surface area contributed by atoms with Crippen LogP contribution in [0.15, 0.2) is 12.7 Å². The van der Waals surface area contributed by atoms with Crippen LogP contribution < -0.4 is 0 Å². The lowest BCUT2D eigenvalue weighted by atomic mass is 10.3. The lowest BCUT2D eigenvalue weighted by Crippen LogP contribution is -2.05. The van der Waals surface area contributed by atoms with Crippen molar-refractivity contribution in [1.82, 2.24) is 0 Å². The van der Waals surface area contributed by atoms with E-state index < -0.39 is 6.67 Å². The number of hydrogen-bond donors (Lipinski definition) is 0. The standard InChI is InChI=1S/C7H11FO2/c1-2-3-4-7(9)10-6-5-8/h2H,1,3-6H2. The van der Waals surface area contributed by atoms with Crippen LogP contribution in [-0.4, -0.2) is 19.3 Å². The van der Waals surface area contributed by atoms with E-state index in [0.717, 1.165) is 0 Å². The third-order valence-electron chi connectivity index (χ3n) is 0.893. The first-order chi connectivity index (χ1) is 4.81. The summed E-state index contributed by atoms with van der Waals surface area (Å²) in [7, 11) is 0. The Hall–Kier alpha value is -0.860. The van der Waals surface area contributed by atoms with Crippen LogP contribution in [0, 0.1) is 0 Å². The number of alkyl halides is 1. The summed E-state index contributed by atoms with van der Waals surface area (Å²) in [5.74, 6) is -0.363. The fourth-order valence-corrected chi connectivity index (χ4v) is 0.444. The Labute approximate surface area is 59.7 Å². The van der Waals surface area contributed by atoms with Gasteiger partial charge in [-0.25, -0.2) is 4.39 Å². The maximum Gasteiger partial charge on any atom is 0.306 e. The molecule has 0 rings (SSSR count). The van der Waals surface area contributed by atoms with Gasteiger partial charge in [0.2, 0.25) is 0 Å². The summed E-state index contributed by atoms with van der Waals surface area (Å²) >= 11 is 0. The molecule has 0 fully saturated rings. The van der Waals surface area contributed by atoms with Crippen LogP contribution in [0.1, 0.15) is 12.8 Å². The summed E-state index contributed by atoms with van der Waals surface area (Å²) < 4.78 is 15.8. The lowest BCUT2D eigenvalue weighted by Gasteiger charge is -1.98. The molecular formula is C7H11FO2. The zero-order valence-electron chi connectivity index (χ0n) is 5.81. The van der Waals surface area contributed by atoms with Crippen LogP contribution >= 0.6 is 0 Å². The van der Waals surface area contributed by atoms with E-state index >= 15 is 0 Å². The predicted octanol–water partition coefficient (Wildman–Crippen LogP) is 1.47. The third kappa shape index (κ3) is 5.28. The Morgan fingerprint density at radius 1 is 1.70 bits per heavy atom. The van der Waals surface area contributed by atoms with Gasteiger partial charge < -0.3 is 4.74 Å². The molecule has 0 aliphatic rings. The van der Waals surface area contributed by atoms with E-state index in [1.54, 1.807) is 6.08 Å². The summed E-state index contributed by atoms with van der Waals surface area (Å²) in [5.41, 5.74) is 0. The smallest absolute Gasteiger partial charge is 0.306 e. The fraction of sp³-hybridized carbons (Fsp3) is 0.571. The Morgan fingerprint density at radius 3 is 2.90 bits per heavy atom. The second-order valence-corrected chi connectivity index (χ2v) is 1.74. The molecule has 0 unspecified atom stereocenters. The van der Waals surface area contributed by atoms with Crippen molar-refractivity contribution in [3.05, 3.63) is 12.7 Å². The molecule has 0 aromatic carbocycles. The van der Waals surface area contributed by atoms with Gasteiger partial charge in [0, 0.05) is 6.42 Å². The molecule has 10 heavy (non-hydrogen) atoms. The molecule has 0 atom stereocenters. The van der Waals surface area contributed by atoms with Gasteiger partial charge in [0.05, 0.1) is 0 Å². The van der Waals surface area contributed by atoms with Crippen LogP contribution in [0.25, 0.3) is 0 Å². The number of esters is 1. The van der Waals surface area contributed by atoms with Crippen LogP contribution in [0.3, 0.4) is 0 Å². The lowest BCUT2D eigenvalue weighted by molar-refractivity contribution is -0.143. The van der Waals surface area contributed by atoms with Gasteiger partial charge in [-0.05, 0) is 6.42 Å². The van der Waals surface area contributed by atoms with Crippen molar-refractivity contribution in [2.75, 3.05) is 13.3 Å². The minimum absolute atomic E-state index is 0.129. The normalized spacial score (nSPS) is 8.90. The molecule has 0 bridgehead atoms. The molecular weight excluding hydrogens is 135 g/mol. The third-order valence-corrected chi connectivity index (χ3v) is 0.893. The van der Waals surface area contributed by atoms with Crippen LogP contribution in [0.2, 0.25) is 0 Å². The molecule has 0 saturated carbocycles. The Balaban J connectivity index is 3.16. The first-order valence-electron chi connectivity index (χ1n) is 3.13. The molecule has 0 aliphatic heterocycles. The van der Waals surface area contributed by atoms with Gasteiger partial charge in [0.25, 0.3) is 0 Å². The predicted molar refractivity (Wildman–Crippen MR) is 36.4 cm³/mol. The maximum absolute atomic E-state index is 11.4.